The number of anilines is 2. The lowest BCUT2D eigenvalue weighted by atomic mass is 10.1. The summed E-state index contributed by atoms with van der Waals surface area (Å²) in [5.74, 6) is 2.04. The van der Waals surface area contributed by atoms with Crippen LogP contribution in [0.25, 0.3) is 0 Å². The molecule has 31 heavy (non-hydrogen) atoms. The second kappa shape index (κ2) is 11.7. The fraction of sp³-hybridized carbons (Fsp3) is 0.391. The fourth-order valence-electron chi connectivity index (χ4n) is 3.31. The molecule has 0 fully saturated rings. The lowest BCUT2D eigenvalue weighted by Gasteiger charge is -2.23. The first-order valence-electron chi connectivity index (χ1n) is 10.7. The third kappa shape index (κ3) is 6.80. The van der Waals surface area contributed by atoms with Crippen LogP contribution >= 0.6 is 0 Å². The Morgan fingerprint density at radius 1 is 1.10 bits per heavy atom. The minimum absolute atomic E-state index is 0.141. The van der Waals surface area contributed by atoms with Crippen LogP contribution in [0.15, 0.2) is 53.7 Å². The number of aromatic amines is 1. The Balaban J connectivity index is 1.46. The summed E-state index contributed by atoms with van der Waals surface area (Å²) in [7, 11) is 1.57. The number of ether oxygens (including phenoxy) is 1. The molecule has 2 N–H and O–H groups in total. The molecule has 0 unspecified atom stereocenters. The Hall–Kier alpha value is -3.42. The van der Waals surface area contributed by atoms with E-state index in [4.69, 9.17) is 4.74 Å². The zero-order valence-corrected chi connectivity index (χ0v) is 18.2. The average Bonchev–Trinajstić information content (AvgIpc) is 2.80. The van der Waals surface area contributed by atoms with E-state index < -0.39 is 0 Å². The molecule has 0 bridgehead atoms. The monoisotopic (exact) mass is 422 g/mol. The highest BCUT2D eigenvalue weighted by molar-refractivity contribution is 5.37. The number of nitrogens with one attached hydrogen (secondary N) is 2. The van der Waals surface area contributed by atoms with Crippen molar-refractivity contribution in [3.8, 4) is 5.88 Å². The molecule has 3 rings (SSSR count). The number of rotatable bonds is 12. The van der Waals surface area contributed by atoms with Crippen molar-refractivity contribution in [2.24, 2.45) is 0 Å². The molecule has 3 aromatic rings. The predicted molar refractivity (Wildman–Crippen MR) is 123 cm³/mol. The van der Waals surface area contributed by atoms with Crippen molar-refractivity contribution >= 4 is 11.8 Å². The van der Waals surface area contributed by atoms with Gasteiger partial charge in [0.2, 0.25) is 11.8 Å². The molecule has 0 aromatic carbocycles. The second-order valence-electron chi connectivity index (χ2n) is 7.28. The van der Waals surface area contributed by atoms with Crippen molar-refractivity contribution in [2.75, 3.05) is 37.0 Å². The van der Waals surface area contributed by atoms with E-state index in [-0.39, 0.29) is 5.56 Å². The number of methoxy groups -OCH3 is 1. The van der Waals surface area contributed by atoms with Crippen molar-refractivity contribution < 1.29 is 4.74 Å². The highest BCUT2D eigenvalue weighted by Crippen LogP contribution is 2.12. The fourth-order valence-corrected chi connectivity index (χ4v) is 3.31. The van der Waals surface area contributed by atoms with Crippen LogP contribution in [0.2, 0.25) is 0 Å². The zero-order valence-electron chi connectivity index (χ0n) is 18.2. The minimum atomic E-state index is -0.141. The van der Waals surface area contributed by atoms with E-state index in [0.29, 0.717) is 23.8 Å². The van der Waals surface area contributed by atoms with E-state index >= 15 is 0 Å². The Bertz CT molecular complexity index is 993. The number of nitrogens with zero attached hydrogens (tertiary/aromatic N) is 4. The first kappa shape index (κ1) is 22.3. The summed E-state index contributed by atoms with van der Waals surface area (Å²) < 4.78 is 5.13. The predicted octanol–water partition coefficient (Wildman–Crippen LogP) is 3.27. The summed E-state index contributed by atoms with van der Waals surface area (Å²) in [5, 5.41) is 3.21. The SMILES string of the molecule is CCCN(CCCCNc1ncc(Cc2ccnc(OC)c2)c(=O)[nH]1)c1ccccn1. The van der Waals surface area contributed by atoms with Gasteiger partial charge in [-0.3, -0.25) is 9.78 Å². The minimum Gasteiger partial charge on any atom is -0.481 e. The van der Waals surface area contributed by atoms with Crippen LogP contribution in [0, 0.1) is 0 Å². The van der Waals surface area contributed by atoms with Crippen LogP contribution in [0.3, 0.4) is 0 Å². The number of unbranched alkanes of at least 4 members (excludes halogenated alkanes) is 1. The van der Waals surface area contributed by atoms with Crippen molar-refractivity contribution in [3.63, 3.8) is 0 Å². The highest BCUT2D eigenvalue weighted by Gasteiger charge is 2.07. The molecule has 3 heterocycles. The molecule has 0 radical (unpaired) electrons. The first-order chi connectivity index (χ1) is 15.2. The lowest BCUT2D eigenvalue weighted by Crippen LogP contribution is -2.26. The van der Waals surface area contributed by atoms with Gasteiger partial charge in [0.05, 0.1) is 7.11 Å². The van der Waals surface area contributed by atoms with E-state index in [1.165, 1.54) is 0 Å². The number of hydrogen-bond donors (Lipinski definition) is 2. The van der Waals surface area contributed by atoms with Crippen LogP contribution in [-0.4, -0.2) is 46.7 Å². The van der Waals surface area contributed by atoms with Crippen molar-refractivity contribution in [3.05, 3.63) is 70.4 Å². The van der Waals surface area contributed by atoms with Crippen molar-refractivity contribution in [1.29, 1.82) is 0 Å². The molecule has 164 valence electrons. The van der Waals surface area contributed by atoms with Gasteiger partial charge in [0.1, 0.15) is 5.82 Å². The summed E-state index contributed by atoms with van der Waals surface area (Å²) in [6.45, 7) is 4.86. The van der Waals surface area contributed by atoms with Crippen LogP contribution in [0.4, 0.5) is 11.8 Å². The maximum absolute atomic E-state index is 12.4. The van der Waals surface area contributed by atoms with Gasteiger partial charge in [-0.15, -0.1) is 0 Å². The first-order valence-corrected chi connectivity index (χ1v) is 10.7. The van der Waals surface area contributed by atoms with Gasteiger partial charge in [0, 0.05) is 56.3 Å². The topological polar surface area (TPSA) is 96.0 Å². The Kier molecular flexibility index (Phi) is 8.39. The molecule has 8 heteroatoms. The molecule has 0 saturated heterocycles. The Morgan fingerprint density at radius 2 is 2.00 bits per heavy atom. The highest BCUT2D eigenvalue weighted by atomic mass is 16.5. The largest absolute Gasteiger partial charge is 0.481 e. The second-order valence-corrected chi connectivity index (χ2v) is 7.28. The molecule has 0 amide bonds. The van der Waals surface area contributed by atoms with Crippen molar-refractivity contribution in [1.82, 2.24) is 19.9 Å². The molecule has 0 aliphatic heterocycles. The average molecular weight is 423 g/mol. The lowest BCUT2D eigenvalue weighted by molar-refractivity contribution is 0.397. The molecule has 3 aromatic heterocycles. The van der Waals surface area contributed by atoms with Gasteiger partial charge >= 0.3 is 0 Å². The van der Waals surface area contributed by atoms with Gasteiger partial charge in [-0.2, -0.15) is 0 Å². The number of pyridine rings is 2. The molecule has 8 nitrogen and oxygen atoms in total. The van der Waals surface area contributed by atoms with Crippen molar-refractivity contribution in [2.45, 2.75) is 32.6 Å². The van der Waals surface area contributed by atoms with E-state index in [1.54, 1.807) is 19.5 Å². The summed E-state index contributed by atoms with van der Waals surface area (Å²) in [6, 6.07) is 9.68. The van der Waals surface area contributed by atoms with E-state index in [0.717, 1.165) is 50.3 Å². The quantitative estimate of drug-likeness (QED) is 0.433. The van der Waals surface area contributed by atoms with Gasteiger partial charge in [0.25, 0.3) is 5.56 Å². The van der Waals surface area contributed by atoms with Gasteiger partial charge in [-0.05, 0) is 43.0 Å². The van der Waals surface area contributed by atoms with Crippen LogP contribution in [0.5, 0.6) is 5.88 Å². The summed E-state index contributed by atoms with van der Waals surface area (Å²) >= 11 is 0. The standard InChI is InChI=1S/C23H30N6O2/c1-3-13-29(20-8-4-5-10-24-20)14-7-6-11-26-23-27-17-19(22(30)28-23)15-18-9-12-25-21(16-18)31-2/h4-5,8-10,12,16-17H,3,6-7,11,13-15H2,1-2H3,(H2,26,27,28,30). The van der Waals surface area contributed by atoms with Gasteiger partial charge in [-0.1, -0.05) is 13.0 Å². The van der Waals surface area contributed by atoms with Crippen LogP contribution < -0.4 is 20.5 Å². The van der Waals surface area contributed by atoms with E-state index in [9.17, 15) is 4.79 Å². The smallest absolute Gasteiger partial charge is 0.255 e. The molecular weight excluding hydrogens is 392 g/mol. The third-order valence-corrected chi connectivity index (χ3v) is 4.89. The molecular formula is C23H30N6O2. The number of hydrogen-bond acceptors (Lipinski definition) is 7. The maximum Gasteiger partial charge on any atom is 0.255 e. The third-order valence-electron chi connectivity index (χ3n) is 4.89. The molecule has 0 spiro atoms. The summed E-state index contributed by atoms with van der Waals surface area (Å²) in [4.78, 5) is 30.4. The van der Waals surface area contributed by atoms with Gasteiger partial charge < -0.3 is 15.0 Å². The van der Waals surface area contributed by atoms with Gasteiger partial charge in [-0.25, -0.2) is 15.0 Å². The van der Waals surface area contributed by atoms with Crippen LogP contribution in [0.1, 0.15) is 37.3 Å². The number of H-pyrrole nitrogens is 1. The maximum atomic E-state index is 12.4. The van der Waals surface area contributed by atoms with Crippen LogP contribution in [-0.2, 0) is 6.42 Å². The van der Waals surface area contributed by atoms with Gasteiger partial charge in [0.15, 0.2) is 0 Å². The van der Waals surface area contributed by atoms with E-state index in [2.05, 4.69) is 37.1 Å². The molecule has 0 atom stereocenters. The Labute approximate surface area is 182 Å². The molecule has 0 aliphatic carbocycles. The Morgan fingerprint density at radius 3 is 2.74 bits per heavy atom. The summed E-state index contributed by atoms with van der Waals surface area (Å²) in [5.41, 5.74) is 1.41. The normalized spacial score (nSPS) is 10.6. The zero-order chi connectivity index (χ0) is 21.9. The molecule has 0 aliphatic rings. The molecule has 0 saturated carbocycles. The number of aromatic nitrogens is 4. The van der Waals surface area contributed by atoms with E-state index in [1.807, 2.05) is 36.5 Å². The summed E-state index contributed by atoms with van der Waals surface area (Å²) in [6.07, 6.45) is 8.67.